The third kappa shape index (κ3) is 3.43. The van der Waals surface area contributed by atoms with Crippen molar-refractivity contribution in [1.29, 1.82) is 0 Å². The van der Waals surface area contributed by atoms with Crippen molar-refractivity contribution < 1.29 is 9.15 Å². The molecule has 0 saturated carbocycles. The average molecular weight is 433 g/mol. The number of nitrogens with one attached hydrogen (secondary N) is 1. The fourth-order valence-electron chi connectivity index (χ4n) is 2.65. The highest BCUT2D eigenvalue weighted by atomic mass is 79.9. The number of rotatable bonds is 4. The fraction of sp³-hybridized carbons (Fsp3) is 0.278. The number of ether oxygens (including phenoxy) is 1. The number of benzene rings is 1. The number of aryl methyl sites for hydroxylation is 1. The minimum atomic E-state index is -0.495. The SMILES string of the molecule is CCCSc1nnc2c(n1)OC(c1ccc(C)o1)Nc1ccc(Br)cc1-2. The van der Waals surface area contributed by atoms with Gasteiger partial charge in [-0.25, -0.2) is 0 Å². The molecule has 6 nitrogen and oxygen atoms in total. The highest BCUT2D eigenvalue weighted by Gasteiger charge is 2.28. The van der Waals surface area contributed by atoms with Crippen molar-refractivity contribution in [1.82, 2.24) is 15.2 Å². The molecule has 1 aliphatic heterocycles. The Balaban J connectivity index is 1.81. The predicted molar refractivity (Wildman–Crippen MR) is 104 cm³/mol. The lowest BCUT2D eigenvalue weighted by Crippen LogP contribution is -2.16. The maximum Gasteiger partial charge on any atom is 0.247 e. The summed E-state index contributed by atoms with van der Waals surface area (Å²) in [6, 6.07) is 9.73. The van der Waals surface area contributed by atoms with Gasteiger partial charge in [0.25, 0.3) is 0 Å². The van der Waals surface area contributed by atoms with E-state index in [-0.39, 0.29) is 0 Å². The van der Waals surface area contributed by atoms with Crippen LogP contribution in [-0.2, 0) is 0 Å². The van der Waals surface area contributed by atoms with Gasteiger partial charge in [-0.05, 0) is 43.7 Å². The molecule has 1 atom stereocenters. The highest BCUT2D eigenvalue weighted by molar-refractivity contribution is 9.10. The van der Waals surface area contributed by atoms with Crippen LogP contribution in [0.25, 0.3) is 11.3 Å². The van der Waals surface area contributed by atoms with Gasteiger partial charge in [0, 0.05) is 21.5 Å². The Labute approximate surface area is 163 Å². The third-order valence-electron chi connectivity index (χ3n) is 3.84. The van der Waals surface area contributed by atoms with Crippen LogP contribution in [0.1, 0.15) is 31.1 Å². The second-order valence-electron chi connectivity index (χ2n) is 5.88. The lowest BCUT2D eigenvalue weighted by Gasteiger charge is -2.16. The molecule has 3 heterocycles. The average Bonchev–Trinajstić information content (AvgIpc) is 3.00. The fourth-order valence-corrected chi connectivity index (χ4v) is 3.64. The van der Waals surface area contributed by atoms with Crippen LogP contribution in [0.4, 0.5) is 5.69 Å². The van der Waals surface area contributed by atoms with E-state index in [4.69, 9.17) is 9.15 Å². The van der Waals surface area contributed by atoms with Crippen molar-refractivity contribution >= 4 is 33.4 Å². The minimum Gasteiger partial charge on any atom is -0.460 e. The normalized spacial score (nSPS) is 15.4. The van der Waals surface area contributed by atoms with Crippen molar-refractivity contribution in [2.24, 2.45) is 0 Å². The van der Waals surface area contributed by atoms with E-state index in [2.05, 4.69) is 43.4 Å². The van der Waals surface area contributed by atoms with Gasteiger partial charge in [-0.2, -0.15) is 4.98 Å². The van der Waals surface area contributed by atoms with Crippen LogP contribution < -0.4 is 10.1 Å². The summed E-state index contributed by atoms with van der Waals surface area (Å²) < 4.78 is 12.9. The molecule has 1 aromatic carbocycles. The summed E-state index contributed by atoms with van der Waals surface area (Å²) >= 11 is 5.09. The third-order valence-corrected chi connectivity index (χ3v) is 5.38. The molecule has 4 rings (SSSR count). The van der Waals surface area contributed by atoms with E-state index in [1.54, 1.807) is 11.8 Å². The zero-order valence-electron chi connectivity index (χ0n) is 14.3. The topological polar surface area (TPSA) is 73.1 Å². The number of thioether (sulfide) groups is 1. The van der Waals surface area contributed by atoms with Crippen LogP contribution in [0.5, 0.6) is 5.88 Å². The molecule has 2 aromatic heterocycles. The molecule has 1 N–H and O–H groups in total. The second kappa shape index (κ2) is 7.28. The Kier molecular flexibility index (Phi) is 4.86. The van der Waals surface area contributed by atoms with Gasteiger partial charge < -0.3 is 14.5 Å². The summed E-state index contributed by atoms with van der Waals surface area (Å²) in [5.74, 6) is 2.89. The quantitative estimate of drug-likeness (QED) is 0.567. The summed E-state index contributed by atoms with van der Waals surface area (Å²) in [5.41, 5.74) is 2.38. The van der Waals surface area contributed by atoms with E-state index in [1.807, 2.05) is 37.3 Å². The lowest BCUT2D eigenvalue weighted by atomic mass is 10.1. The molecule has 8 heteroatoms. The van der Waals surface area contributed by atoms with E-state index in [9.17, 15) is 0 Å². The van der Waals surface area contributed by atoms with Gasteiger partial charge in [-0.3, -0.25) is 0 Å². The molecule has 0 spiro atoms. The van der Waals surface area contributed by atoms with E-state index >= 15 is 0 Å². The molecule has 0 fully saturated rings. The Bertz CT molecular complexity index is 947. The van der Waals surface area contributed by atoms with Crippen LogP contribution >= 0.6 is 27.7 Å². The first-order valence-electron chi connectivity index (χ1n) is 8.31. The van der Waals surface area contributed by atoms with E-state index in [0.717, 1.165) is 33.7 Å². The van der Waals surface area contributed by atoms with Gasteiger partial charge in [-0.15, -0.1) is 10.2 Å². The Morgan fingerprint density at radius 3 is 2.88 bits per heavy atom. The van der Waals surface area contributed by atoms with Crippen molar-refractivity contribution in [2.45, 2.75) is 31.7 Å². The van der Waals surface area contributed by atoms with Crippen molar-refractivity contribution in [3.8, 4) is 17.1 Å². The summed E-state index contributed by atoms with van der Waals surface area (Å²) in [7, 11) is 0. The predicted octanol–water partition coefficient (Wildman–Crippen LogP) is 5.21. The zero-order chi connectivity index (χ0) is 18.1. The Morgan fingerprint density at radius 2 is 2.12 bits per heavy atom. The smallest absolute Gasteiger partial charge is 0.247 e. The summed E-state index contributed by atoms with van der Waals surface area (Å²) in [6.07, 6.45) is 0.544. The first-order chi connectivity index (χ1) is 12.6. The van der Waals surface area contributed by atoms with E-state index in [1.165, 1.54) is 0 Å². The van der Waals surface area contributed by atoms with Gasteiger partial charge in [0.2, 0.25) is 17.3 Å². The number of fused-ring (bicyclic) bond motifs is 3. The molecule has 0 aliphatic carbocycles. The molecule has 1 unspecified atom stereocenters. The zero-order valence-corrected chi connectivity index (χ0v) is 16.7. The highest BCUT2D eigenvalue weighted by Crippen LogP contribution is 2.41. The standard InChI is InChI=1S/C18H17BrN4O2S/c1-3-8-26-18-21-17-15(22-23-18)12-9-11(19)5-6-13(12)20-16(25-17)14-7-4-10(2)24-14/h4-7,9,16,20H,3,8H2,1-2H3. The molecule has 26 heavy (non-hydrogen) atoms. The van der Waals surface area contributed by atoms with Gasteiger partial charge in [0.1, 0.15) is 5.76 Å². The van der Waals surface area contributed by atoms with Crippen molar-refractivity contribution in [3.63, 3.8) is 0 Å². The van der Waals surface area contributed by atoms with E-state index in [0.29, 0.717) is 22.5 Å². The number of furan rings is 1. The van der Waals surface area contributed by atoms with Crippen molar-refractivity contribution in [3.05, 3.63) is 46.3 Å². The van der Waals surface area contributed by atoms with Gasteiger partial charge in [0.05, 0.1) is 0 Å². The maximum atomic E-state index is 6.15. The van der Waals surface area contributed by atoms with Crippen LogP contribution in [0.2, 0.25) is 0 Å². The van der Waals surface area contributed by atoms with Gasteiger partial charge in [0.15, 0.2) is 11.5 Å². The molecule has 0 saturated heterocycles. The Hall–Kier alpha value is -2.06. The van der Waals surface area contributed by atoms with E-state index < -0.39 is 6.23 Å². The summed E-state index contributed by atoms with van der Waals surface area (Å²) in [4.78, 5) is 4.59. The maximum absolute atomic E-state index is 6.15. The van der Waals surface area contributed by atoms with Gasteiger partial charge >= 0.3 is 0 Å². The molecular formula is C18H17BrN4O2S. The number of halogens is 1. The van der Waals surface area contributed by atoms with Crippen LogP contribution in [0, 0.1) is 6.92 Å². The number of aromatic nitrogens is 3. The minimum absolute atomic E-state index is 0.446. The molecule has 134 valence electrons. The molecule has 1 aliphatic rings. The summed E-state index contributed by atoms with van der Waals surface area (Å²) in [6.45, 7) is 4.02. The molecule has 0 bridgehead atoms. The number of nitrogens with zero attached hydrogens (tertiary/aromatic N) is 3. The molecule has 3 aromatic rings. The van der Waals surface area contributed by atoms with Crippen LogP contribution in [0.15, 0.2) is 44.4 Å². The second-order valence-corrected chi connectivity index (χ2v) is 7.85. The summed E-state index contributed by atoms with van der Waals surface area (Å²) in [5, 5.41) is 12.6. The molecule has 0 amide bonds. The first kappa shape index (κ1) is 17.4. The number of hydrogen-bond acceptors (Lipinski definition) is 7. The monoisotopic (exact) mass is 432 g/mol. The molecular weight excluding hydrogens is 416 g/mol. The van der Waals surface area contributed by atoms with Crippen LogP contribution in [0.3, 0.4) is 0 Å². The number of hydrogen-bond donors (Lipinski definition) is 1. The largest absolute Gasteiger partial charge is 0.460 e. The first-order valence-corrected chi connectivity index (χ1v) is 10.1. The van der Waals surface area contributed by atoms with Gasteiger partial charge in [-0.1, -0.05) is 34.6 Å². The van der Waals surface area contributed by atoms with Crippen molar-refractivity contribution in [2.75, 3.05) is 11.1 Å². The van der Waals surface area contributed by atoms with Crippen LogP contribution in [-0.4, -0.2) is 20.9 Å². The lowest BCUT2D eigenvalue weighted by molar-refractivity contribution is 0.194. The molecule has 0 radical (unpaired) electrons. The number of anilines is 1. The Morgan fingerprint density at radius 1 is 1.23 bits per heavy atom.